The number of hydrogen-bond donors (Lipinski definition) is 2. The standard InChI is InChI=1S/C42H57N3O3/c1-27(2)31-17-23-42(45-37(46)26-36-43-24-9-25-44-36)22-16-28(3)40(6)21-19-34-39(4,5)32(29-12-14-30(15-13-29)38(47)48)18-20-41(34,7)35(40)11-8-10-33(31)42/h9,12-15,18,24-25,28,31,33-35H,1,8,10-11,16-17,19-23,26H2,2-7H3,(H,45,46)(H,47,48). The topological polar surface area (TPSA) is 92.2 Å². The molecule has 1 heterocycles. The molecule has 6 rings (SSSR count). The normalized spacial score (nSPS) is 36.0. The van der Waals surface area contributed by atoms with Crippen molar-refractivity contribution in [3.05, 3.63) is 77.9 Å². The van der Waals surface area contributed by atoms with Crippen LogP contribution in [0.25, 0.3) is 5.57 Å². The summed E-state index contributed by atoms with van der Waals surface area (Å²) in [5, 5.41) is 13.1. The predicted octanol–water partition coefficient (Wildman–Crippen LogP) is 9.33. The van der Waals surface area contributed by atoms with Crippen molar-refractivity contribution >= 4 is 17.4 Å². The van der Waals surface area contributed by atoms with Crippen LogP contribution in [0.3, 0.4) is 0 Å². The van der Waals surface area contributed by atoms with E-state index in [0.717, 1.165) is 50.5 Å². The molecule has 1 aromatic heterocycles. The van der Waals surface area contributed by atoms with Crippen LogP contribution in [0.5, 0.6) is 0 Å². The molecule has 8 atom stereocenters. The Balaban J connectivity index is 1.29. The van der Waals surface area contributed by atoms with Gasteiger partial charge < -0.3 is 10.4 Å². The highest BCUT2D eigenvalue weighted by atomic mass is 16.4. The van der Waals surface area contributed by atoms with Gasteiger partial charge in [-0.1, -0.05) is 71.4 Å². The van der Waals surface area contributed by atoms with Crippen LogP contribution in [-0.2, 0) is 11.2 Å². The summed E-state index contributed by atoms with van der Waals surface area (Å²) >= 11 is 0. The number of nitrogens with zero attached hydrogens (tertiary/aromatic N) is 2. The number of allylic oxidation sites excluding steroid dienone is 3. The fraction of sp³-hybridized carbons (Fsp3) is 0.619. The first kappa shape index (κ1) is 34.6. The first-order valence-corrected chi connectivity index (χ1v) is 18.5. The van der Waals surface area contributed by atoms with E-state index < -0.39 is 5.97 Å². The van der Waals surface area contributed by atoms with E-state index in [-0.39, 0.29) is 34.1 Å². The number of carbonyl (C=O) groups is 2. The Kier molecular flexibility index (Phi) is 9.28. The van der Waals surface area contributed by atoms with Gasteiger partial charge in [0.2, 0.25) is 5.91 Å². The summed E-state index contributed by atoms with van der Waals surface area (Å²) in [4.78, 5) is 33.8. The first-order chi connectivity index (χ1) is 22.7. The van der Waals surface area contributed by atoms with E-state index in [1.54, 1.807) is 30.6 Å². The Morgan fingerprint density at radius 3 is 2.27 bits per heavy atom. The van der Waals surface area contributed by atoms with Gasteiger partial charge in [0.25, 0.3) is 0 Å². The third-order valence-electron chi connectivity index (χ3n) is 14.3. The first-order valence-electron chi connectivity index (χ1n) is 18.5. The van der Waals surface area contributed by atoms with Crippen molar-refractivity contribution in [3.8, 4) is 0 Å². The molecule has 6 nitrogen and oxygen atoms in total. The second-order valence-electron chi connectivity index (χ2n) is 17.1. The van der Waals surface area contributed by atoms with E-state index in [2.05, 4.69) is 69.5 Å². The van der Waals surface area contributed by atoms with Gasteiger partial charge in [0.15, 0.2) is 0 Å². The van der Waals surface area contributed by atoms with Crippen molar-refractivity contribution in [1.82, 2.24) is 15.3 Å². The quantitative estimate of drug-likeness (QED) is 0.304. The molecule has 1 aromatic carbocycles. The van der Waals surface area contributed by atoms with Gasteiger partial charge in [0.05, 0.1) is 12.0 Å². The Labute approximate surface area is 288 Å². The van der Waals surface area contributed by atoms with E-state index in [0.29, 0.717) is 41.0 Å². The average molecular weight is 652 g/mol. The molecule has 3 saturated carbocycles. The van der Waals surface area contributed by atoms with Crippen molar-refractivity contribution in [2.45, 2.75) is 118 Å². The molecule has 2 N–H and O–H groups in total. The minimum Gasteiger partial charge on any atom is -0.478 e. The predicted molar refractivity (Wildman–Crippen MR) is 192 cm³/mol. The number of carbonyl (C=O) groups excluding carboxylic acids is 1. The van der Waals surface area contributed by atoms with Gasteiger partial charge in [0.1, 0.15) is 5.82 Å². The molecule has 0 bridgehead atoms. The molecule has 48 heavy (non-hydrogen) atoms. The van der Waals surface area contributed by atoms with Gasteiger partial charge in [-0.3, -0.25) is 4.79 Å². The Morgan fingerprint density at radius 1 is 0.917 bits per heavy atom. The molecule has 0 saturated heterocycles. The summed E-state index contributed by atoms with van der Waals surface area (Å²) in [5.41, 5.74) is 4.29. The fourth-order valence-corrected chi connectivity index (χ4v) is 11.7. The van der Waals surface area contributed by atoms with E-state index in [1.807, 2.05) is 12.1 Å². The number of fused-ring (bicyclic) bond motifs is 4. The maximum atomic E-state index is 13.6. The SMILES string of the molecule is C=C(C)C1CCC2(NC(=O)Cc3ncccn3)CCC(C)C3(C)CCC4C(C)(C)C(c5ccc(C(=O)O)cc5)=CCC4(C)C3CCCC12. The number of amides is 1. The summed E-state index contributed by atoms with van der Waals surface area (Å²) in [5.74, 6) is 2.25. The number of benzene rings is 1. The fourth-order valence-electron chi connectivity index (χ4n) is 11.7. The number of carboxylic acid groups (broad SMARTS) is 1. The van der Waals surface area contributed by atoms with Crippen molar-refractivity contribution in [2.24, 2.45) is 45.8 Å². The third-order valence-corrected chi connectivity index (χ3v) is 14.3. The highest BCUT2D eigenvalue weighted by molar-refractivity contribution is 5.88. The lowest BCUT2D eigenvalue weighted by Crippen LogP contribution is -2.57. The van der Waals surface area contributed by atoms with E-state index in [1.165, 1.54) is 30.4 Å². The van der Waals surface area contributed by atoms with Crippen LogP contribution in [0.1, 0.15) is 127 Å². The summed E-state index contributed by atoms with van der Waals surface area (Å²) < 4.78 is 0. The van der Waals surface area contributed by atoms with Crippen LogP contribution in [0.4, 0.5) is 0 Å². The van der Waals surface area contributed by atoms with Crippen molar-refractivity contribution in [2.75, 3.05) is 0 Å². The highest BCUT2D eigenvalue weighted by Crippen LogP contribution is 2.68. The molecule has 0 radical (unpaired) electrons. The molecule has 6 heteroatoms. The molecule has 4 aliphatic rings. The lowest BCUT2D eigenvalue weighted by Gasteiger charge is -2.64. The smallest absolute Gasteiger partial charge is 0.335 e. The van der Waals surface area contributed by atoms with E-state index in [9.17, 15) is 14.7 Å². The molecule has 2 aromatic rings. The van der Waals surface area contributed by atoms with Gasteiger partial charge in [-0.15, -0.1) is 0 Å². The van der Waals surface area contributed by atoms with Gasteiger partial charge in [-0.05, 0) is 140 Å². The monoisotopic (exact) mass is 651 g/mol. The molecule has 0 spiro atoms. The number of rotatable bonds is 6. The van der Waals surface area contributed by atoms with Crippen LogP contribution < -0.4 is 5.32 Å². The van der Waals surface area contributed by atoms with Crippen molar-refractivity contribution < 1.29 is 14.7 Å². The van der Waals surface area contributed by atoms with E-state index >= 15 is 0 Å². The molecular formula is C42H57N3O3. The molecule has 0 aliphatic heterocycles. The Hall–Kier alpha value is -3.28. The number of aromatic nitrogens is 2. The minimum atomic E-state index is -0.878. The number of nitrogens with one attached hydrogen (secondary N) is 1. The number of hydrogen-bond acceptors (Lipinski definition) is 4. The summed E-state index contributed by atoms with van der Waals surface area (Å²) in [6, 6.07) is 9.32. The summed E-state index contributed by atoms with van der Waals surface area (Å²) in [7, 11) is 0. The maximum absolute atomic E-state index is 13.6. The minimum absolute atomic E-state index is 0.0178. The molecular weight excluding hydrogens is 594 g/mol. The third kappa shape index (κ3) is 5.96. The van der Waals surface area contributed by atoms with Gasteiger partial charge in [-0.2, -0.15) is 0 Å². The van der Waals surface area contributed by atoms with Crippen LogP contribution in [-0.4, -0.2) is 32.5 Å². The van der Waals surface area contributed by atoms with Crippen molar-refractivity contribution in [1.29, 1.82) is 0 Å². The second-order valence-corrected chi connectivity index (χ2v) is 17.1. The molecule has 1 amide bonds. The summed E-state index contributed by atoms with van der Waals surface area (Å²) in [6.07, 6.45) is 17.3. The second kappa shape index (κ2) is 12.9. The molecule has 258 valence electrons. The maximum Gasteiger partial charge on any atom is 0.335 e. The number of aromatic carboxylic acids is 1. The average Bonchev–Trinajstić information content (AvgIpc) is 3.39. The highest BCUT2D eigenvalue weighted by Gasteiger charge is 2.60. The summed E-state index contributed by atoms with van der Waals surface area (Å²) in [6.45, 7) is 19.2. The largest absolute Gasteiger partial charge is 0.478 e. The Morgan fingerprint density at radius 2 is 1.60 bits per heavy atom. The lowest BCUT2D eigenvalue weighted by atomic mass is 9.40. The zero-order valence-electron chi connectivity index (χ0n) is 30.1. The molecule has 3 fully saturated rings. The number of carboxylic acids is 1. The van der Waals surface area contributed by atoms with Crippen molar-refractivity contribution in [3.63, 3.8) is 0 Å². The zero-order chi connectivity index (χ0) is 34.5. The zero-order valence-corrected chi connectivity index (χ0v) is 30.1. The van der Waals surface area contributed by atoms with Gasteiger partial charge >= 0.3 is 5.97 Å². The van der Waals surface area contributed by atoms with E-state index in [4.69, 9.17) is 0 Å². The van der Waals surface area contributed by atoms with Crippen LogP contribution >= 0.6 is 0 Å². The van der Waals surface area contributed by atoms with Crippen LogP contribution in [0.2, 0.25) is 0 Å². The Bertz CT molecular complexity index is 1560. The van der Waals surface area contributed by atoms with Gasteiger partial charge in [-0.25, -0.2) is 14.8 Å². The molecule has 4 aliphatic carbocycles. The molecule has 8 unspecified atom stereocenters. The lowest BCUT2D eigenvalue weighted by molar-refractivity contribution is -0.126. The van der Waals surface area contributed by atoms with Crippen LogP contribution in [0, 0.1) is 45.8 Å². The van der Waals surface area contributed by atoms with Crippen LogP contribution in [0.15, 0.2) is 61.0 Å². The van der Waals surface area contributed by atoms with Gasteiger partial charge in [0, 0.05) is 17.9 Å².